The maximum absolute atomic E-state index is 12.2. The molecule has 1 N–H and O–H groups in total. The first-order valence-electron chi connectivity index (χ1n) is 8.13. The number of rotatable bonds is 4. The van der Waals surface area contributed by atoms with Crippen LogP contribution < -0.4 is 9.64 Å². The third-order valence-corrected chi connectivity index (χ3v) is 3.53. The summed E-state index contributed by atoms with van der Waals surface area (Å²) < 4.78 is 10.7. The van der Waals surface area contributed by atoms with Gasteiger partial charge < -0.3 is 24.4 Å². The summed E-state index contributed by atoms with van der Waals surface area (Å²) in [6, 6.07) is 0.674. The predicted octanol–water partition coefficient (Wildman–Crippen LogP) is 1.39. The van der Waals surface area contributed by atoms with Gasteiger partial charge in [-0.05, 0) is 27.7 Å². The van der Waals surface area contributed by atoms with E-state index in [-0.39, 0.29) is 6.54 Å². The topological polar surface area (TPSA) is 105 Å². The summed E-state index contributed by atoms with van der Waals surface area (Å²) in [6.45, 7) is 8.26. The number of piperazine rings is 1. The van der Waals surface area contributed by atoms with Gasteiger partial charge in [-0.1, -0.05) is 0 Å². The monoisotopic (exact) mass is 352 g/mol. The zero-order chi connectivity index (χ0) is 18.6. The summed E-state index contributed by atoms with van der Waals surface area (Å²) in [6.07, 6.45) is 0.815. The fraction of sp³-hybridized carbons (Fsp3) is 0.625. The van der Waals surface area contributed by atoms with Gasteiger partial charge in [0.2, 0.25) is 5.88 Å². The quantitative estimate of drug-likeness (QED) is 0.866. The largest absolute Gasteiger partial charge is 0.480 e. The van der Waals surface area contributed by atoms with E-state index in [2.05, 4.69) is 9.97 Å². The Hall–Kier alpha value is -2.58. The molecule has 0 spiro atoms. The molecule has 0 aliphatic carbocycles. The van der Waals surface area contributed by atoms with Gasteiger partial charge in [0.1, 0.15) is 23.8 Å². The molecule has 1 fully saturated rings. The van der Waals surface area contributed by atoms with Gasteiger partial charge in [0.15, 0.2) is 0 Å². The highest BCUT2D eigenvalue weighted by molar-refractivity contribution is 5.80. The molecule has 9 heteroatoms. The van der Waals surface area contributed by atoms with E-state index in [0.29, 0.717) is 31.4 Å². The van der Waals surface area contributed by atoms with Gasteiger partial charge in [0.25, 0.3) is 0 Å². The van der Waals surface area contributed by atoms with E-state index in [9.17, 15) is 14.7 Å². The molecule has 0 radical (unpaired) electrons. The van der Waals surface area contributed by atoms with E-state index in [4.69, 9.17) is 9.47 Å². The number of amides is 1. The Morgan fingerprint density at radius 1 is 1.32 bits per heavy atom. The number of carboxylic acid groups (broad SMARTS) is 1. The molecule has 1 aromatic rings. The third kappa shape index (κ3) is 4.94. The standard InChI is InChI=1S/C16H24N4O5/c1-5-24-13-8-12(17-10-18-13)20-7-6-19(9-11(20)14(21)22)15(23)25-16(2,3)4/h8,10-11H,5-7,9H2,1-4H3,(H,21,22)/t11-/m1/s1. The van der Waals surface area contributed by atoms with Crippen LogP contribution in [0, 0.1) is 0 Å². The number of aromatic nitrogens is 2. The molecule has 1 atom stereocenters. The number of hydrogen-bond acceptors (Lipinski definition) is 7. The van der Waals surface area contributed by atoms with Crippen molar-refractivity contribution in [2.24, 2.45) is 0 Å². The number of ether oxygens (including phenoxy) is 2. The molecule has 25 heavy (non-hydrogen) atoms. The Balaban J connectivity index is 2.16. The highest BCUT2D eigenvalue weighted by Gasteiger charge is 2.36. The minimum atomic E-state index is -1.04. The van der Waals surface area contributed by atoms with Crippen LogP contribution in [-0.2, 0) is 9.53 Å². The molecule has 0 unspecified atom stereocenters. The number of carbonyl (C=O) groups is 2. The molecular weight excluding hydrogens is 328 g/mol. The highest BCUT2D eigenvalue weighted by atomic mass is 16.6. The van der Waals surface area contributed by atoms with Crippen LogP contribution in [0.25, 0.3) is 0 Å². The Kier molecular flexibility index (Phi) is 5.66. The van der Waals surface area contributed by atoms with Gasteiger partial charge in [-0.2, -0.15) is 0 Å². The molecule has 1 aromatic heterocycles. The molecule has 0 bridgehead atoms. The van der Waals surface area contributed by atoms with Gasteiger partial charge in [0.05, 0.1) is 13.2 Å². The van der Waals surface area contributed by atoms with Crippen molar-refractivity contribution in [2.45, 2.75) is 39.3 Å². The van der Waals surface area contributed by atoms with E-state index in [1.807, 2.05) is 6.92 Å². The summed E-state index contributed by atoms with van der Waals surface area (Å²) in [7, 11) is 0. The van der Waals surface area contributed by atoms with Crippen molar-refractivity contribution in [3.05, 3.63) is 12.4 Å². The molecule has 0 saturated carbocycles. The summed E-state index contributed by atoms with van der Waals surface area (Å²) in [4.78, 5) is 35.1. The third-order valence-electron chi connectivity index (χ3n) is 3.53. The van der Waals surface area contributed by atoms with Crippen LogP contribution in [0.4, 0.5) is 10.6 Å². The number of anilines is 1. The second-order valence-electron chi connectivity index (χ2n) is 6.62. The summed E-state index contributed by atoms with van der Waals surface area (Å²) >= 11 is 0. The van der Waals surface area contributed by atoms with Crippen molar-refractivity contribution in [3.63, 3.8) is 0 Å². The maximum Gasteiger partial charge on any atom is 0.410 e. The van der Waals surface area contributed by atoms with Crippen molar-refractivity contribution in [2.75, 3.05) is 31.1 Å². The number of aliphatic carboxylic acids is 1. The minimum Gasteiger partial charge on any atom is -0.480 e. The van der Waals surface area contributed by atoms with Crippen molar-refractivity contribution >= 4 is 17.9 Å². The average Bonchev–Trinajstić information content (AvgIpc) is 2.53. The lowest BCUT2D eigenvalue weighted by Crippen LogP contribution is -2.58. The normalized spacial score (nSPS) is 18.0. The average molecular weight is 352 g/mol. The van der Waals surface area contributed by atoms with Gasteiger partial charge in [-0.25, -0.2) is 19.6 Å². The second kappa shape index (κ2) is 7.54. The summed E-state index contributed by atoms with van der Waals surface area (Å²) in [5, 5.41) is 9.58. The van der Waals surface area contributed by atoms with Crippen molar-refractivity contribution < 1.29 is 24.2 Å². The van der Waals surface area contributed by atoms with Crippen molar-refractivity contribution in [1.82, 2.24) is 14.9 Å². The molecule has 1 aliphatic rings. The van der Waals surface area contributed by atoms with Gasteiger partial charge in [-0.15, -0.1) is 0 Å². The predicted molar refractivity (Wildman–Crippen MR) is 89.8 cm³/mol. The minimum absolute atomic E-state index is 0.0121. The first-order valence-corrected chi connectivity index (χ1v) is 8.13. The van der Waals surface area contributed by atoms with E-state index < -0.39 is 23.7 Å². The molecule has 0 aromatic carbocycles. The second-order valence-corrected chi connectivity index (χ2v) is 6.62. The SMILES string of the molecule is CCOc1cc(N2CCN(C(=O)OC(C)(C)C)C[C@@H]2C(=O)O)ncn1. The molecule has 1 saturated heterocycles. The first kappa shape index (κ1) is 18.8. The van der Waals surface area contributed by atoms with E-state index >= 15 is 0 Å². The van der Waals surface area contributed by atoms with Crippen LogP contribution in [0.15, 0.2) is 12.4 Å². The van der Waals surface area contributed by atoms with Gasteiger partial charge in [0, 0.05) is 19.2 Å². The summed E-state index contributed by atoms with van der Waals surface area (Å²) in [5.74, 6) is -0.203. The Morgan fingerprint density at radius 2 is 2.04 bits per heavy atom. The Morgan fingerprint density at radius 3 is 2.64 bits per heavy atom. The fourth-order valence-corrected chi connectivity index (χ4v) is 2.47. The molecule has 1 amide bonds. The van der Waals surface area contributed by atoms with Crippen LogP contribution in [0.5, 0.6) is 5.88 Å². The lowest BCUT2D eigenvalue weighted by Gasteiger charge is -2.40. The number of carbonyl (C=O) groups excluding carboxylic acids is 1. The van der Waals surface area contributed by atoms with E-state index in [1.165, 1.54) is 11.2 Å². The lowest BCUT2D eigenvalue weighted by molar-refractivity contribution is -0.139. The zero-order valence-corrected chi connectivity index (χ0v) is 14.9. The first-order chi connectivity index (χ1) is 11.7. The van der Waals surface area contributed by atoms with Crippen LogP contribution in [-0.4, -0.2) is 69.9 Å². The Labute approximate surface area is 146 Å². The van der Waals surface area contributed by atoms with Crippen molar-refractivity contribution in [3.8, 4) is 5.88 Å². The zero-order valence-electron chi connectivity index (χ0n) is 14.9. The molecule has 2 heterocycles. The number of nitrogens with zero attached hydrogens (tertiary/aromatic N) is 4. The molecular formula is C16H24N4O5. The maximum atomic E-state index is 12.2. The fourth-order valence-electron chi connectivity index (χ4n) is 2.47. The van der Waals surface area contributed by atoms with Crippen LogP contribution >= 0.6 is 0 Å². The van der Waals surface area contributed by atoms with Gasteiger partial charge in [-0.3, -0.25) is 0 Å². The number of carboxylic acids is 1. The van der Waals surface area contributed by atoms with E-state index in [0.717, 1.165) is 0 Å². The molecule has 138 valence electrons. The van der Waals surface area contributed by atoms with E-state index in [1.54, 1.807) is 31.7 Å². The van der Waals surface area contributed by atoms with Crippen LogP contribution in [0.1, 0.15) is 27.7 Å². The summed E-state index contributed by atoms with van der Waals surface area (Å²) in [5.41, 5.74) is -0.633. The van der Waals surface area contributed by atoms with Crippen LogP contribution in [0.3, 0.4) is 0 Å². The molecule has 1 aliphatic heterocycles. The van der Waals surface area contributed by atoms with Gasteiger partial charge >= 0.3 is 12.1 Å². The highest BCUT2D eigenvalue weighted by Crippen LogP contribution is 2.22. The number of hydrogen-bond donors (Lipinski definition) is 1. The van der Waals surface area contributed by atoms with Crippen molar-refractivity contribution in [1.29, 1.82) is 0 Å². The van der Waals surface area contributed by atoms with Crippen LogP contribution in [0.2, 0.25) is 0 Å². The molecule has 2 rings (SSSR count). The molecule has 9 nitrogen and oxygen atoms in total. The Bertz CT molecular complexity index is 631. The smallest absolute Gasteiger partial charge is 0.410 e. The lowest BCUT2D eigenvalue weighted by atomic mass is 10.1.